The smallest absolute Gasteiger partial charge is 0.418 e. The molecule has 1 aromatic heterocycles. The number of anilines is 2. The first-order chi connectivity index (χ1) is 19.1. The molecule has 2 N–H and O–H groups in total. The van der Waals surface area contributed by atoms with Crippen LogP contribution < -0.4 is 5.32 Å². The third-order valence-corrected chi connectivity index (χ3v) is 7.23. The van der Waals surface area contributed by atoms with Crippen LogP contribution in [0.2, 0.25) is 0 Å². The summed E-state index contributed by atoms with van der Waals surface area (Å²) in [7, 11) is 0. The summed E-state index contributed by atoms with van der Waals surface area (Å²) in [5, 5.41) is 17.6. The van der Waals surface area contributed by atoms with E-state index in [1.807, 2.05) is 85.8 Å². The molecule has 5 rings (SSSR count). The Morgan fingerprint density at radius 1 is 0.900 bits per heavy atom. The van der Waals surface area contributed by atoms with Gasteiger partial charge in [0.1, 0.15) is 5.52 Å². The Balaban J connectivity index is 1.55. The number of fused-ring (bicyclic) bond motifs is 1. The maximum atomic E-state index is 13.9. The fourth-order valence-corrected chi connectivity index (χ4v) is 4.87. The quantitative estimate of drug-likeness (QED) is 0.206. The molecule has 0 saturated heterocycles. The van der Waals surface area contributed by atoms with Crippen LogP contribution in [0, 0.1) is 5.92 Å². The number of aromatic nitrogens is 2. The maximum Gasteiger partial charge on any atom is 0.418 e. The van der Waals surface area contributed by atoms with Gasteiger partial charge in [-0.05, 0) is 47.4 Å². The molecule has 0 fully saturated rings. The summed E-state index contributed by atoms with van der Waals surface area (Å²) < 4.78 is 43.3. The Morgan fingerprint density at radius 3 is 2.27 bits per heavy atom. The number of benzene rings is 4. The van der Waals surface area contributed by atoms with Gasteiger partial charge in [-0.25, -0.2) is 0 Å². The number of nitrogens with one attached hydrogen (secondary N) is 1. The second-order valence-corrected chi connectivity index (χ2v) is 9.94. The van der Waals surface area contributed by atoms with E-state index in [9.17, 15) is 23.1 Å². The van der Waals surface area contributed by atoms with Crippen molar-refractivity contribution in [1.29, 1.82) is 0 Å². The molecule has 0 bridgehead atoms. The van der Waals surface area contributed by atoms with Crippen molar-refractivity contribution in [3.63, 3.8) is 0 Å². The average molecular weight is 544 g/mol. The standard InChI is InChI=1S/C32H28F3N3O2/c1-20(21(2)31(39)40)23-11-6-13-25(17-23)36-26-14-7-12-24(18-26)30-27-15-8-16-28(32(33,34)35)29(27)37-38(30)19-22-9-4-3-5-10-22/h3-18,20-21,36H,19H2,1-2H3,(H,39,40). The van der Waals surface area contributed by atoms with Crippen molar-refractivity contribution in [2.75, 3.05) is 5.32 Å². The van der Waals surface area contributed by atoms with Crippen molar-refractivity contribution >= 4 is 28.2 Å². The lowest BCUT2D eigenvalue weighted by Gasteiger charge is -2.18. The molecule has 40 heavy (non-hydrogen) atoms. The lowest BCUT2D eigenvalue weighted by atomic mass is 9.89. The largest absolute Gasteiger partial charge is 0.481 e. The van der Waals surface area contributed by atoms with Crippen molar-refractivity contribution < 1.29 is 23.1 Å². The number of hydrogen-bond donors (Lipinski definition) is 2. The van der Waals surface area contributed by atoms with Gasteiger partial charge in [0.05, 0.1) is 23.7 Å². The first-order valence-electron chi connectivity index (χ1n) is 12.9. The summed E-state index contributed by atoms with van der Waals surface area (Å²) in [5.74, 6) is -1.59. The maximum absolute atomic E-state index is 13.9. The SMILES string of the molecule is CC(C(=O)O)C(C)c1cccc(Nc2cccc(-c3c4cccc(C(F)(F)F)c4nn3Cc3ccccc3)c2)c1. The zero-order valence-corrected chi connectivity index (χ0v) is 22.0. The molecule has 2 atom stereocenters. The van der Waals surface area contributed by atoms with Crippen LogP contribution in [0.1, 0.15) is 36.5 Å². The first kappa shape index (κ1) is 27.0. The summed E-state index contributed by atoms with van der Waals surface area (Å²) in [6.07, 6.45) is -4.54. The second kappa shape index (κ2) is 10.9. The molecule has 5 nitrogen and oxygen atoms in total. The molecule has 0 radical (unpaired) electrons. The van der Waals surface area contributed by atoms with Gasteiger partial charge in [-0.15, -0.1) is 0 Å². The van der Waals surface area contributed by atoms with E-state index in [4.69, 9.17) is 0 Å². The fraction of sp³-hybridized carbons (Fsp3) is 0.188. The number of alkyl halides is 3. The van der Waals surface area contributed by atoms with Gasteiger partial charge in [-0.3, -0.25) is 9.48 Å². The molecule has 0 saturated carbocycles. The third kappa shape index (κ3) is 5.57. The molecule has 0 aliphatic rings. The second-order valence-electron chi connectivity index (χ2n) is 9.94. The Bertz CT molecular complexity index is 1660. The van der Waals surface area contributed by atoms with E-state index < -0.39 is 23.6 Å². The Kier molecular flexibility index (Phi) is 7.34. The normalized spacial score (nSPS) is 13.2. The highest BCUT2D eigenvalue weighted by atomic mass is 19.4. The van der Waals surface area contributed by atoms with Crippen LogP contribution in [-0.4, -0.2) is 20.9 Å². The zero-order chi connectivity index (χ0) is 28.4. The number of hydrogen-bond acceptors (Lipinski definition) is 3. The summed E-state index contributed by atoms with van der Waals surface area (Å²) in [5.41, 5.74) is 3.77. The van der Waals surface area contributed by atoms with Crippen LogP contribution in [0.3, 0.4) is 0 Å². The van der Waals surface area contributed by atoms with Gasteiger partial charge in [-0.2, -0.15) is 18.3 Å². The Morgan fingerprint density at radius 2 is 1.57 bits per heavy atom. The minimum atomic E-state index is -4.54. The van der Waals surface area contributed by atoms with Crippen LogP contribution in [-0.2, 0) is 17.5 Å². The van der Waals surface area contributed by atoms with Crippen molar-refractivity contribution in [3.05, 3.63) is 114 Å². The third-order valence-electron chi connectivity index (χ3n) is 7.23. The van der Waals surface area contributed by atoms with Crippen LogP contribution >= 0.6 is 0 Å². The zero-order valence-electron chi connectivity index (χ0n) is 22.0. The Hall–Kier alpha value is -4.59. The molecule has 2 unspecified atom stereocenters. The molecule has 0 aliphatic heterocycles. The first-order valence-corrected chi connectivity index (χ1v) is 12.9. The van der Waals surface area contributed by atoms with E-state index >= 15 is 0 Å². The van der Waals surface area contributed by atoms with E-state index in [1.54, 1.807) is 17.7 Å². The molecule has 4 aromatic carbocycles. The minimum Gasteiger partial charge on any atom is -0.481 e. The molecule has 0 spiro atoms. The average Bonchev–Trinajstić information content (AvgIpc) is 3.30. The van der Waals surface area contributed by atoms with Crippen LogP contribution in [0.5, 0.6) is 0 Å². The molecular formula is C32H28F3N3O2. The number of carboxylic acid groups (broad SMARTS) is 1. The lowest BCUT2D eigenvalue weighted by Crippen LogP contribution is -2.16. The van der Waals surface area contributed by atoms with Crippen LogP contribution in [0.15, 0.2) is 97.1 Å². The van der Waals surface area contributed by atoms with Crippen molar-refractivity contribution in [2.24, 2.45) is 5.92 Å². The van der Waals surface area contributed by atoms with E-state index in [0.717, 1.165) is 28.6 Å². The number of rotatable bonds is 8. The minimum absolute atomic E-state index is 0.0893. The van der Waals surface area contributed by atoms with Gasteiger partial charge < -0.3 is 10.4 Å². The van der Waals surface area contributed by atoms with Gasteiger partial charge in [0, 0.05) is 22.3 Å². The van der Waals surface area contributed by atoms with E-state index in [2.05, 4.69) is 10.4 Å². The molecule has 1 heterocycles. The Labute approximate surface area is 229 Å². The predicted molar refractivity (Wildman–Crippen MR) is 151 cm³/mol. The number of carbonyl (C=O) groups is 1. The number of aliphatic carboxylic acids is 1. The number of carboxylic acids is 1. The molecule has 5 aromatic rings. The summed E-state index contributed by atoms with van der Waals surface area (Å²) in [6.45, 7) is 3.87. The summed E-state index contributed by atoms with van der Waals surface area (Å²) in [4.78, 5) is 11.5. The van der Waals surface area contributed by atoms with Crippen molar-refractivity contribution in [2.45, 2.75) is 32.5 Å². The van der Waals surface area contributed by atoms with Gasteiger partial charge in [0.2, 0.25) is 0 Å². The van der Waals surface area contributed by atoms with E-state index in [1.165, 1.54) is 6.07 Å². The van der Waals surface area contributed by atoms with Crippen LogP contribution in [0.4, 0.5) is 24.5 Å². The van der Waals surface area contributed by atoms with E-state index in [0.29, 0.717) is 23.2 Å². The molecule has 0 amide bonds. The highest BCUT2D eigenvalue weighted by molar-refractivity contribution is 5.96. The van der Waals surface area contributed by atoms with Gasteiger partial charge in [0.15, 0.2) is 0 Å². The van der Waals surface area contributed by atoms with Crippen molar-refractivity contribution in [3.8, 4) is 11.3 Å². The fourth-order valence-electron chi connectivity index (χ4n) is 4.87. The molecule has 8 heteroatoms. The van der Waals surface area contributed by atoms with Crippen LogP contribution in [0.25, 0.3) is 22.2 Å². The summed E-state index contributed by atoms with van der Waals surface area (Å²) in [6, 6.07) is 28.7. The molecule has 204 valence electrons. The molecule has 0 aliphatic carbocycles. The topological polar surface area (TPSA) is 67.2 Å². The lowest BCUT2D eigenvalue weighted by molar-refractivity contribution is -0.141. The number of halogens is 3. The van der Waals surface area contributed by atoms with Crippen molar-refractivity contribution in [1.82, 2.24) is 9.78 Å². The molecular weight excluding hydrogens is 515 g/mol. The monoisotopic (exact) mass is 543 g/mol. The highest BCUT2D eigenvalue weighted by Gasteiger charge is 2.34. The highest BCUT2D eigenvalue weighted by Crippen LogP contribution is 2.39. The van der Waals surface area contributed by atoms with E-state index in [-0.39, 0.29) is 11.4 Å². The van der Waals surface area contributed by atoms with Gasteiger partial charge in [-0.1, -0.05) is 80.6 Å². The predicted octanol–water partition coefficient (Wildman–Crippen LogP) is 8.34. The van der Waals surface area contributed by atoms with Gasteiger partial charge >= 0.3 is 12.1 Å². The van der Waals surface area contributed by atoms with Gasteiger partial charge in [0.25, 0.3) is 0 Å². The summed E-state index contributed by atoms with van der Waals surface area (Å²) >= 11 is 0. The number of nitrogens with zero attached hydrogens (tertiary/aromatic N) is 2.